The number of rotatable bonds is 6. The van der Waals surface area contributed by atoms with Gasteiger partial charge in [0, 0.05) is 0 Å². The third kappa shape index (κ3) is 4.60. The Kier molecular flexibility index (Phi) is 4.64. The Labute approximate surface area is 142 Å². The van der Waals surface area contributed by atoms with E-state index >= 15 is 0 Å². The Bertz CT molecular complexity index is 635. The smallest absolute Gasteiger partial charge is 0.408 e. The predicted octanol–water partition coefficient (Wildman–Crippen LogP) is 1.61. The van der Waals surface area contributed by atoms with E-state index in [0.29, 0.717) is 25.7 Å². The Hall–Kier alpha value is -1.35. The van der Waals surface area contributed by atoms with Gasteiger partial charge in [0.25, 0.3) is 5.91 Å². The van der Waals surface area contributed by atoms with Crippen LogP contribution in [0.25, 0.3) is 0 Å². The monoisotopic (exact) mass is 362 g/mol. The Balaban J connectivity index is 2.04. The molecule has 0 heterocycles. The van der Waals surface area contributed by atoms with Gasteiger partial charge in [-0.25, -0.2) is 13.7 Å². The molecule has 0 unspecified atom stereocenters. The minimum Gasteiger partial charge on any atom is -0.444 e. The lowest BCUT2D eigenvalue weighted by Crippen LogP contribution is -2.53. The van der Waals surface area contributed by atoms with Crippen molar-refractivity contribution < 1.29 is 26.9 Å². The summed E-state index contributed by atoms with van der Waals surface area (Å²) in [4.78, 5) is 24.5. The zero-order valence-electron chi connectivity index (χ0n) is 14.8. The molecule has 9 heteroatoms. The summed E-state index contributed by atoms with van der Waals surface area (Å²) in [6.45, 7) is 8.65. The van der Waals surface area contributed by atoms with Gasteiger partial charge in [-0.05, 0) is 52.9 Å². The molecule has 2 N–H and O–H groups in total. The number of hydrogen-bond donors (Lipinski definition) is 2. The second-order valence-corrected chi connectivity index (χ2v) is 9.11. The maximum absolute atomic E-state index is 12.5. The number of hydrogen-bond acceptors (Lipinski definition) is 6. The standard InChI is InChI=1S/C15H26N2O6S/c1-6-10-9-15(10,16-12(19)22-13(2,3)4)11(18)17-24(20,21)23-14(5)7-8-14/h10H,6-9H2,1-5H3,(H,16,19)(H,17,18)/t10-,15-/m1/s1. The molecule has 2 fully saturated rings. The van der Waals surface area contributed by atoms with Crippen molar-refractivity contribution >= 4 is 22.3 Å². The van der Waals surface area contributed by atoms with E-state index in [2.05, 4.69) is 5.32 Å². The van der Waals surface area contributed by atoms with Crippen LogP contribution in [0.2, 0.25) is 0 Å². The molecule has 2 aliphatic carbocycles. The summed E-state index contributed by atoms with van der Waals surface area (Å²) in [7, 11) is -4.21. The molecule has 0 saturated heterocycles. The van der Waals surface area contributed by atoms with Crippen LogP contribution in [0.1, 0.15) is 60.3 Å². The summed E-state index contributed by atoms with van der Waals surface area (Å²) in [6.07, 6.45) is 1.49. The summed E-state index contributed by atoms with van der Waals surface area (Å²) in [5.41, 5.74) is -2.71. The predicted molar refractivity (Wildman–Crippen MR) is 86.3 cm³/mol. The minimum absolute atomic E-state index is 0.142. The summed E-state index contributed by atoms with van der Waals surface area (Å²) in [5.74, 6) is -0.929. The van der Waals surface area contributed by atoms with Gasteiger partial charge in [0.05, 0.1) is 5.60 Å². The maximum Gasteiger partial charge on any atom is 0.408 e. The minimum atomic E-state index is -4.21. The van der Waals surface area contributed by atoms with Crippen molar-refractivity contribution in [1.29, 1.82) is 0 Å². The largest absolute Gasteiger partial charge is 0.444 e. The van der Waals surface area contributed by atoms with Gasteiger partial charge >= 0.3 is 16.4 Å². The van der Waals surface area contributed by atoms with Crippen LogP contribution < -0.4 is 10.0 Å². The summed E-state index contributed by atoms with van der Waals surface area (Å²) < 4.78 is 36.0. The van der Waals surface area contributed by atoms with Crippen LogP contribution in [-0.2, 0) is 24.0 Å². The van der Waals surface area contributed by atoms with Crippen molar-refractivity contribution in [2.75, 3.05) is 0 Å². The highest BCUT2D eigenvalue weighted by molar-refractivity contribution is 7.85. The van der Waals surface area contributed by atoms with Crippen LogP contribution in [0.3, 0.4) is 0 Å². The lowest BCUT2D eigenvalue weighted by molar-refractivity contribution is -0.123. The van der Waals surface area contributed by atoms with Gasteiger partial charge < -0.3 is 10.1 Å². The number of nitrogens with one attached hydrogen (secondary N) is 2. The van der Waals surface area contributed by atoms with E-state index < -0.39 is 39.0 Å². The van der Waals surface area contributed by atoms with Crippen LogP contribution in [-0.4, -0.2) is 37.2 Å². The van der Waals surface area contributed by atoms with Crippen LogP contribution in [0.5, 0.6) is 0 Å². The molecule has 8 nitrogen and oxygen atoms in total. The molecule has 0 aromatic rings. The molecule has 0 radical (unpaired) electrons. The first-order valence-electron chi connectivity index (χ1n) is 8.10. The first-order chi connectivity index (χ1) is 10.8. The quantitative estimate of drug-likeness (QED) is 0.743. The van der Waals surface area contributed by atoms with Crippen LogP contribution in [0.4, 0.5) is 4.79 Å². The Morgan fingerprint density at radius 3 is 2.25 bits per heavy atom. The average Bonchev–Trinajstić information content (AvgIpc) is 3.24. The van der Waals surface area contributed by atoms with E-state index in [-0.39, 0.29) is 5.92 Å². The van der Waals surface area contributed by atoms with Crippen LogP contribution in [0.15, 0.2) is 0 Å². The summed E-state index contributed by atoms with van der Waals surface area (Å²) in [6, 6.07) is 0. The molecule has 24 heavy (non-hydrogen) atoms. The fourth-order valence-electron chi connectivity index (χ4n) is 2.55. The molecule has 0 aromatic carbocycles. The van der Waals surface area contributed by atoms with Crippen molar-refractivity contribution in [3.05, 3.63) is 0 Å². The van der Waals surface area contributed by atoms with Gasteiger partial charge in [0.2, 0.25) is 0 Å². The Morgan fingerprint density at radius 2 is 1.83 bits per heavy atom. The zero-order valence-corrected chi connectivity index (χ0v) is 15.6. The second kappa shape index (κ2) is 5.87. The van der Waals surface area contributed by atoms with Gasteiger partial charge in [0.1, 0.15) is 11.1 Å². The van der Waals surface area contributed by atoms with Gasteiger partial charge in [-0.2, -0.15) is 8.42 Å². The SMILES string of the molecule is CC[C@@H]1C[C@]1(NC(=O)OC(C)(C)C)C(=O)NS(=O)(=O)OC1(C)CC1. The molecule has 0 spiro atoms. The van der Waals surface area contributed by atoms with Crippen LogP contribution in [0, 0.1) is 5.92 Å². The molecule has 0 bridgehead atoms. The van der Waals surface area contributed by atoms with Crippen LogP contribution >= 0.6 is 0 Å². The van der Waals surface area contributed by atoms with E-state index in [0.717, 1.165) is 0 Å². The maximum atomic E-state index is 12.5. The number of ether oxygens (including phenoxy) is 1. The number of alkyl carbamates (subject to hydrolysis) is 1. The summed E-state index contributed by atoms with van der Waals surface area (Å²) in [5, 5.41) is 2.53. The molecular formula is C15H26N2O6S. The molecule has 2 saturated carbocycles. The third-order valence-corrected chi connectivity index (χ3v) is 5.27. The highest BCUT2D eigenvalue weighted by Crippen LogP contribution is 2.46. The molecular weight excluding hydrogens is 336 g/mol. The highest BCUT2D eigenvalue weighted by atomic mass is 32.2. The molecule has 2 aliphatic rings. The van der Waals surface area contributed by atoms with Crippen molar-refractivity contribution in [2.45, 2.75) is 77.0 Å². The van der Waals surface area contributed by atoms with Crippen molar-refractivity contribution in [3.8, 4) is 0 Å². The van der Waals surface area contributed by atoms with Gasteiger partial charge in [-0.3, -0.25) is 4.79 Å². The van der Waals surface area contributed by atoms with E-state index in [1.807, 2.05) is 11.6 Å². The normalized spacial score (nSPS) is 28.0. The first kappa shape index (κ1) is 19.0. The van der Waals surface area contributed by atoms with Crippen molar-refractivity contribution in [3.63, 3.8) is 0 Å². The van der Waals surface area contributed by atoms with E-state index in [4.69, 9.17) is 8.92 Å². The molecule has 2 atom stereocenters. The fraction of sp³-hybridized carbons (Fsp3) is 0.867. The highest BCUT2D eigenvalue weighted by Gasteiger charge is 2.61. The second-order valence-electron chi connectivity index (χ2n) is 7.83. The van der Waals surface area contributed by atoms with Gasteiger partial charge in [0.15, 0.2) is 0 Å². The first-order valence-corrected chi connectivity index (χ1v) is 9.51. The zero-order chi connectivity index (χ0) is 18.4. The Morgan fingerprint density at radius 1 is 1.25 bits per heavy atom. The lowest BCUT2D eigenvalue weighted by Gasteiger charge is -2.24. The third-order valence-electron chi connectivity index (χ3n) is 4.21. The van der Waals surface area contributed by atoms with E-state index in [9.17, 15) is 18.0 Å². The fourth-order valence-corrected chi connectivity index (χ4v) is 3.69. The van der Waals surface area contributed by atoms with E-state index in [1.54, 1.807) is 27.7 Å². The summed E-state index contributed by atoms with van der Waals surface area (Å²) >= 11 is 0. The topological polar surface area (TPSA) is 111 Å². The number of amides is 2. The molecule has 2 amide bonds. The molecule has 0 aromatic heterocycles. The van der Waals surface area contributed by atoms with Gasteiger partial charge in [-0.15, -0.1) is 0 Å². The molecule has 0 aliphatic heterocycles. The van der Waals surface area contributed by atoms with Crippen molar-refractivity contribution in [1.82, 2.24) is 10.0 Å². The lowest BCUT2D eigenvalue weighted by atomic mass is 10.1. The molecule has 2 rings (SSSR count). The molecule has 138 valence electrons. The average molecular weight is 362 g/mol. The number of carbonyl (C=O) groups is 2. The van der Waals surface area contributed by atoms with Crippen molar-refractivity contribution in [2.24, 2.45) is 5.92 Å². The number of carbonyl (C=O) groups excluding carboxylic acids is 2. The van der Waals surface area contributed by atoms with E-state index in [1.165, 1.54) is 0 Å². The van der Waals surface area contributed by atoms with Gasteiger partial charge in [-0.1, -0.05) is 13.3 Å².